The van der Waals surface area contributed by atoms with E-state index in [1.165, 1.54) is 76.9 Å². The third kappa shape index (κ3) is 5.89. The molecule has 1 spiro atoms. The molecule has 0 amide bonds. The van der Waals surface area contributed by atoms with Crippen molar-refractivity contribution < 1.29 is 0 Å². The molecule has 0 aromatic rings. The third-order valence-corrected chi connectivity index (χ3v) is 7.52. The lowest BCUT2D eigenvalue weighted by Crippen LogP contribution is -2.54. The number of nitrogens with one attached hydrogen (secondary N) is 1. The second-order valence-corrected chi connectivity index (χ2v) is 9.46. The van der Waals surface area contributed by atoms with Crippen LogP contribution >= 0.6 is 35.7 Å². The number of aliphatic imine (C=N–C) groups is 1. The maximum atomic E-state index is 4.61. The average Bonchev–Trinajstić information content (AvgIpc) is 3.04. The summed E-state index contributed by atoms with van der Waals surface area (Å²) in [5.74, 6) is 3.19. The van der Waals surface area contributed by atoms with Crippen molar-refractivity contribution in [3.63, 3.8) is 0 Å². The molecule has 3 aliphatic rings. The lowest BCUT2D eigenvalue weighted by molar-refractivity contribution is 0.291. The molecule has 3 rings (SSSR count). The van der Waals surface area contributed by atoms with Crippen molar-refractivity contribution in [2.24, 2.45) is 10.9 Å². The molecule has 2 heterocycles. The predicted octanol–water partition coefficient (Wildman–Crippen LogP) is 3.66. The highest BCUT2D eigenvalue weighted by atomic mass is 127. The summed E-state index contributed by atoms with van der Waals surface area (Å²) in [5, 5.41) is 3.71. The molecule has 2 aliphatic heterocycles. The van der Waals surface area contributed by atoms with Gasteiger partial charge in [-0.15, -0.1) is 24.0 Å². The van der Waals surface area contributed by atoms with Gasteiger partial charge in [-0.2, -0.15) is 11.8 Å². The number of halogens is 1. The first-order chi connectivity index (χ1) is 11.7. The van der Waals surface area contributed by atoms with Crippen molar-refractivity contribution in [3.05, 3.63) is 0 Å². The minimum atomic E-state index is 0. The van der Waals surface area contributed by atoms with E-state index < -0.39 is 0 Å². The monoisotopic (exact) mass is 480 g/mol. The van der Waals surface area contributed by atoms with Crippen LogP contribution in [0.15, 0.2) is 4.99 Å². The first kappa shape index (κ1) is 21.6. The largest absolute Gasteiger partial charge is 0.356 e. The molecule has 1 aliphatic carbocycles. The highest BCUT2D eigenvalue weighted by Crippen LogP contribution is 2.42. The van der Waals surface area contributed by atoms with Gasteiger partial charge in [-0.25, -0.2) is 0 Å². The van der Waals surface area contributed by atoms with Crippen LogP contribution in [-0.4, -0.2) is 72.6 Å². The van der Waals surface area contributed by atoms with Crippen molar-refractivity contribution in [3.8, 4) is 0 Å². The molecule has 0 aromatic carbocycles. The van der Waals surface area contributed by atoms with E-state index in [1.807, 2.05) is 7.05 Å². The quantitative estimate of drug-likeness (QED) is 0.378. The molecule has 25 heavy (non-hydrogen) atoms. The van der Waals surface area contributed by atoms with Crippen molar-refractivity contribution in [2.45, 2.75) is 56.6 Å². The number of nitrogens with zero attached hydrogens (tertiary/aromatic N) is 3. The van der Waals surface area contributed by atoms with Gasteiger partial charge in [-0.3, -0.25) is 4.99 Å². The second-order valence-electron chi connectivity index (χ2n) is 7.90. The fraction of sp³-hybridized carbons (Fsp3) is 0.947. The molecule has 1 N–H and O–H groups in total. The molecule has 6 heteroatoms. The number of rotatable bonds is 4. The Kier molecular flexibility index (Phi) is 9.16. The van der Waals surface area contributed by atoms with E-state index in [0.717, 1.165) is 25.0 Å². The molecule has 0 aromatic heterocycles. The maximum Gasteiger partial charge on any atom is 0.193 e. The van der Waals surface area contributed by atoms with Crippen molar-refractivity contribution in [2.75, 3.05) is 52.1 Å². The van der Waals surface area contributed by atoms with Crippen LogP contribution in [0.4, 0.5) is 0 Å². The summed E-state index contributed by atoms with van der Waals surface area (Å²) in [6.45, 7) is 9.52. The van der Waals surface area contributed by atoms with E-state index in [-0.39, 0.29) is 24.0 Å². The summed E-state index contributed by atoms with van der Waals surface area (Å²) in [6.07, 6.45) is 9.69. The first-order valence-corrected chi connectivity index (χ1v) is 11.1. The zero-order valence-electron chi connectivity index (χ0n) is 16.1. The Morgan fingerprint density at radius 3 is 2.76 bits per heavy atom. The summed E-state index contributed by atoms with van der Waals surface area (Å²) in [6, 6.07) is 0. The Labute approximate surface area is 176 Å². The number of likely N-dealkylation sites (tertiary alicyclic amines) is 1. The molecule has 1 atom stereocenters. The molecule has 1 unspecified atom stereocenters. The minimum Gasteiger partial charge on any atom is -0.356 e. The van der Waals surface area contributed by atoms with Crippen LogP contribution < -0.4 is 5.32 Å². The summed E-state index contributed by atoms with van der Waals surface area (Å²) >= 11 is 2.24. The molecule has 2 saturated heterocycles. The van der Waals surface area contributed by atoms with Crippen LogP contribution in [0, 0.1) is 5.92 Å². The standard InChI is InChI=1S/C19H36N4S.HI/c1-3-10-22-11-7-17(15-22)14-21-18(20-2)23-12-13-24-19(16-23)8-5-4-6-9-19;/h17H,3-16H2,1-2H3,(H,20,21);1H. The normalized spacial score (nSPS) is 27.4. The maximum absolute atomic E-state index is 4.61. The number of hydrogen-bond donors (Lipinski definition) is 1. The summed E-state index contributed by atoms with van der Waals surface area (Å²) in [4.78, 5) is 9.77. The molecule has 3 fully saturated rings. The first-order valence-electron chi connectivity index (χ1n) is 10.1. The SMILES string of the molecule is CCCN1CCC(CNC(=NC)N2CCSC3(CCCCC3)C2)C1.I. The van der Waals surface area contributed by atoms with Crippen LogP contribution in [-0.2, 0) is 0 Å². The van der Waals surface area contributed by atoms with Gasteiger partial charge in [0.1, 0.15) is 0 Å². The number of thioether (sulfide) groups is 1. The van der Waals surface area contributed by atoms with E-state index in [4.69, 9.17) is 0 Å². The van der Waals surface area contributed by atoms with Gasteiger partial charge in [0.15, 0.2) is 5.96 Å². The Hall–Kier alpha value is 0.310. The van der Waals surface area contributed by atoms with Gasteiger partial charge < -0.3 is 15.1 Å². The van der Waals surface area contributed by atoms with Crippen molar-refractivity contribution in [1.29, 1.82) is 0 Å². The van der Waals surface area contributed by atoms with Gasteiger partial charge >= 0.3 is 0 Å². The van der Waals surface area contributed by atoms with E-state index in [2.05, 4.69) is 38.8 Å². The second kappa shape index (κ2) is 10.6. The Morgan fingerprint density at radius 1 is 1.24 bits per heavy atom. The van der Waals surface area contributed by atoms with Gasteiger partial charge in [0.2, 0.25) is 0 Å². The Morgan fingerprint density at radius 2 is 2.04 bits per heavy atom. The number of hydrogen-bond acceptors (Lipinski definition) is 3. The topological polar surface area (TPSA) is 30.9 Å². The molecule has 4 nitrogen and oxygen atoms in total. The molecular formula is C19H37IN4S. The van der Waals surface area contributed by atoms with Gasteiger partial charge in [-0.05, 0) is 44.7 Å². The Balaban J connectivity index is 0.00000225. The third-order valence-electron chi connectivity index (χ3n) is 5.98. The zero-order chi connectivity index (χ0) is 16.8. The molecule has 0 bridgehead atoms. The zero-order valence-corrected chi connectivity index (χ0v) is 19.3. The summed E-state index contributed by atoms with van der Waals surface area (Å²) < 4.78 is 0.513. The van der Waals surface area contributed by atoms with Crippen LogP contribution in [0.5, 0.6) is 0 Å². The van der Waals surface area contributed by atoms with E-state index in [9.17, 15) is 0 Å². The lowest BCUT2D eigenvalue weighted by atomic mass is 9.87. The fourth-order valence-electron chi connectivity index (χ4n) is 4.69. The van der Waals surface area contributed by atoms with Crippen LogP contribution in [0.3, 0.4) is 0 Å². The molecular weight excluding hydrogens is 443 g/mol. The Bertz CT molecular complexity index is 420. The smallest absolute Gasteiger partial charge is 0.193 e. The van der Waals surface area contributed by atoms with E-state index in [1.54, 1.807) is 0 Å². The van der Waals surface area contributed by atoms with Gasteiger partial charge in [0.25, 0.3) is 0 Å². The van der Waals surface area contributed by atoms with Crippen LogP contribution in [0.1, 0.15) is 51.9 Å². The molecule has 146 valence electrons. The minimum absolute atomic E-state index is 0. The predicted molar refractivity (Wildman–Crippen MR) is 121 cm³/mol. The highest BCUT2D eigenvalue weighted by Gasteiger charge is 2.38. The van der Waals surface area contributed by atoms with E-state index >= 15 is 0 Å². The van der Waals surface area contributed by atoms with Crippen molar-refractivity contribution in [1.82, 2.24) is 15.1 Å². The van der Waals surface area contributed by atoms with Crippen molar-refractivity contribution >= 4 is 41.7 Å². The van der Waals surface area contributed by atoms with Crippen LogP contribution in [0.25, 0.3) is 0 Å². The average molecular weight is 481 g/mol. The fourth-order valence-corrected chi connectivity index (χ4v) is 6.26. The number of guanidine groups is 1. The van der Waals surface area contributed by atoms with Gasteiger partial charge in [0.05, 0.1) is 0 Å². The summed E-state index contributed by atoms with van der Waals surface area (Å²) in [7, 11) is 1.95. The molecule has 0 radical (unpaired) electrons. The summed E-state index contributed by atoms with van der Waals surface area (Å²) in [5.41, 5.74) is 0. The molecule has 1 saturated carbocycles. The van der Waals surface area contributed by atoms with Crippen LogP contribution in [0.2, 0.25) is 0 Å². The van der Waals surface area contributed by atoms with E-state index in [0.29, 0.717) is 4.75 Å². The van der Waals surface area contributed by atoms with Gasteiger partial charge in [-0.1, -0.05) is 26.2 Å². The van der Waals surface area contributed by atoms with Gasteiger partial charge in [0, 0.05) is 43.7 Å². The lowest BCUT2D eigenvalue weighted by Gasteiger charge is -2.45. The highest BCUT2D eigenvalue weighted by molar-refractivity contribution is 14.0.